The third kappa shape index (κ3) is 2.49. The normalized spacial score (nSPS) is 13.9. The van der Waals surface area contributed by atoms with E-state index in [9.17, 15) is 0 Å². The van der Waals surface area contributed by atoms with Crippen molar-refractivity contribution in [1.82, 2.24) is 4.98 Å². The lowest BCUT2D eigenvalue weighted by Gasteiger charge is -2.38. The molecule has 0 N–H and O–H groups in total. The van der Waals surface area contributed by atoms with E-state index in [0.717, 1.165) is 22.8 Å². The molecule has 0 spiro atoms. The van der Waals surface area contributed by atoms with Gasteiger partial charge in [0.1, 0.15) is 11.5 Å². The van der Waals surface area contributed by atoms with Crippen LogP contribution in [0.25, 0.3) is 11.3 Å². The zero-order chi connectivity index (χ0) is 20.0. The molecule has 1 aliphatic rings. The number of ether oxygens (including phenoxy) is 1. The Morgan fingerprint density at radius 2 is 1.40 bits per heavy atom. The van der Waals surface area contributed by atoms with Crippen LogP contribution in [0, 0.1) is 0 Å². The van der Waals surface area contributed by atoms with Crippen LogP contribution in [0.2, 0.25) is 0 Å². The van der Waals surface area contributed by atoms with Crippen LogP contribution in [0.3, 0.4) is 0 Å². The third-order valence-corrected chi connectivity index (χ3v) is 13.8. The molecule has 0 saturated heterocycles. The molecule has 5 aromatic rings. The highest BCUT2D eigenvalue weighted by atomic mass is 32.1. The number of hydrogen-bond acceptors (Lipinski definition) is 4. The predicted molar refractivity (Wildman–Crippen MR) is 129 cm³/mol. The van der Waals surface area contributed by atoms with Gasteiger partial charge in [0.2, 0.25) is 8.07 Å². The lowest BCUT2D eigenvalue weighted by atomic mass is 10.1. The van der Waals surface area contributed by atoms with Gasteiger partial charge in [-0.25, -0.2) is 0 Å². The standard InChI is InChI=1S/C25H17NOS2Si/c1-2-11-21-20(10-1)27-25-18(19-9-3-4-15-26-19)8-5-12-22(25)30(21,23-13-6-16-28-23)24-14-7-17-29-24/h1-17H. The number of aromatic nitrogens is 1. The molecule has 0 bridgehead atoms. The molecule has 2 aromatic carbocycles. The Kier molecular flexibility index (Phi) is 4.19. The van der Waals surface area contributed by atoms with Gasteiger partial charge in [0, 0.05) is 20.8 Å². The first-order chi connectivity index (χ1) is 14.9. The van der Waals surface area contributed by atoms with Crippen LogP contribution in [0.1, 0.15) is 0 Å². The fourth-order valence-corrected chi connectivity index (χ4v) is 13.4. The summed E-state index contributed by atoms with van der Waals surface area (Å²) in [5.74, 6) is 1.91. The number of thiophene rings is 2. The molecule has 0 saturated carbocycles. The number of hydrogen-bond donors (Lipinski definition) is 0. The van der Waals surface area contributed by atoms with Crippen LogP contribution >= 0.6 is 22.7 Å². The molecule has 6 rings (SSSR count). The van der Waals surface area contributed by atoms with Gasteiger partial charge in [0.25, 0.3) is 0 Å². The van der Waals surface area contributed by atoms with Gasteiger partial charge in [0.05, 0.1) is 5.69 Å². The maximum Gasteiger partial charge on any atom is 0.209 e. The fraction of sp³-hybridized carbons (Fsp3) is 0. The van der Waals surface area contributed by atoms with Crippen LogP contribution in [0.4, 0.5) is 0 Å². The van der Waals surface area contributed by atoms with E-state index < -0.39 is 8.07 Å². The van der Waals surface area contributed by atoms with Gasteiger partial charge >= 0.3 is 0 Å². The van der Waals surface area contributed by atoms with E-state index in [1.807, 2.05) is 41.0 Å². The molecule has 0 fully saturated rings. The Morgan fingerprint density at radius 1 is 0.667 bits per heavy atom. The monoisotopic (exact) mass is 439 g/mol. The van der Waals surface area contributed by atoms with Gasteiger partial charge < -0.3 is 4.74 Å². The summed E-state index contributed by atoms with van der Waals surface area (Å²) in [4.78, 5) is 4.63. The summed E-state index contributed by atoms with van der Waals surface area (Å²) in [6, 6.07) is 30.1. The molecule has 5 heteroatoms. The van der Waals surface area contributed by atoms with E-state index in [0.29, 0.717) is 0 Å². The van der Waals surface area contributed by atoms with Crippen LogP contribution < -0.4 is 24.1 Å². The van der Waals surface area contributed by atoms with Gasteiger partial charge in [0.15, 0.2) is 0 Å². The molecule has 2 nitrogen and oxygen atoms in total. The minimum absolute atomic E-state index is 0.939. The largest absolute Gasteiger partial charge is 0.457 e. The highest BCUT2D eigenvalue weighted by Gasteiger charge is 2.50. The van der Waals surface area contributed by atoms with Crippen molar-refractivity contribution in [2.24, 2.45) is 0 Å². The molecule has 1 aliphatic heterocycles. The summed E-state index contributed by atoms with van der Waals surface area (Å²) in [5.41, 5.74) is 1.99. The molecule has 0 unspecified atom stereocenters. The molecule has 0 atom stereocenters. The van der Waals surface area contributed by atoms with E-state index in [1.54, 1.807) is 0 Å². The molecule has 3 aromatic heterocycles. The topological polar surface area (TPSA) is 22.1 Å². The van der Waals surface area contributed by atoms with Gasteiger partial charge in [-0.3, -0.25) is 4.98 Å². The maximum absolute atomic E-state index is 6.62. The molecule has 144 valence electrons. The van der Waals surface area contributed by atoms with Crippen LogP contribution in [0.5, 0.6) is 11.5 Å². The fourth-order valence-electron chi connectivity index (χ4n) is 4.42. The molecule has 0 aliphatic carbocycles. The average Bonchev–Trinajstić information content (AvgIpc) is 3.53. The quantitative estimate of drug-likeness (QED) is 0.383. The molecule has 30 heavy (non-hydrogen) atoms. The van der Waals surface area contributed by atoms with Crippen molar-refractivity contribution in [2.75, 3.05) is 0 Å². The average molecular weight is 440 g/mol. The lowest BCUT2D eigenvalue weighted by molar-refractivity contribution is 0.488. The van der Waals surface area contributed by atoms with Crippen molar-refractivity contribution in [3.05, 3.63) is 102 Å². The van der Waals surface area contributed by atoms with E-state index in [1.165, 1.54) is 19.4 Å². The highest BCUT2D eigenvalue weighted by molar-refractivity contribution is 7.43. The van der Waals surface area contributed by atoms with E-state index in [4.69, 9.17) is 4.74 Å². The summed E-state index contributed by atoms with van der Waals surface area (Å²) < 4.78 is 9.48. The number of fused-ring (bicyclic) bond motifs is 2. The van der Waals surface area contributed by atoms with Crippen molar-refractivity contribution in [1.29, 1.82) is 0 Å². The SMILES string of the molecule is c1ccc(-c2cccc3c2Oc2ccccc2[Si]3(c2cccs2)c2cccs2)nc1. The zero-order valence-electron chi connectivity index (χ0n) is 16.0. The molecular formula is C25H17NOS2Si. The summed E-state index contributed by atoms with van der Waals surface area (Å²) in [6.07, 6.45) is 1.84. The summed E-state index contributed by atoms with van der Waals surface area (Å²) in [5, 5.41) is 7.01. The Hall–Kier alpha value is -2.99. The van der Waals surface area contributed by atoms with Gasteiger partial charge in [-0.1, -0.05) is 60.7 Å². The van der Waals surface area contributed by atoms with E-state index >= 15 is 0 Å². The number of rotatable bonds is 3. The number of para-hydroxylation sites is 2. The lowest BCUT2D eigenvalue weighted by Crippen LogP contribution is -2.74. The smallest absolute Gasteiger partial charge is 0.209 e. The Bertz CT molecular complexity index is 1280. The van der Waals surface area contributed by atoms with Crippen LogP contribution in [-0.2, 0) is 0 Å². The van der Waals surface area contributed by atoms with Crippen molar-refractivity contribution in [3.63, 3.8) is 0 Å². The first-order valence-electron chi connectivity index (χ1n) is 9.79. The second kappa shape index (κ2) is 7.06. The van der Waals surface area contributed by atoms with Crippen molar-refractivity contribution in [2.45, 2.75) is 0 Å². The predicted octanol–water partition coefficient (Wildman–Crippen LogP) is 4.35. The third-order valence-electron chi connectivity index (χ3n) is 5.64. The molecule has 0 amide bonds. The first-order valence-corrected chi connectivity index (χ1v) is 13.5. The number of benzene rings is 2. The summed E-state index contributed by atoms with van der Waals surface area (Å²) in [6.45, 7) is 0. The van der Waals surface area contributed by atoms with Crippen molar-refractivity contribution >= 4 is 50.1 Å². The second-order valence-electron chi connectivity index (χ2n) is 7.20. The summed E-state index contributed by atoms with van der Waals surface area (Å²) >= 11 is 3.71. The number of pyridine rings is 1. The minimum Gasteiger partial charge on any atom is -0.457 e. The van der Waals surface area contributed by atoms with Gasteiger partial charge in [-0.15, -0.1) is 0 Å². The minimum atomic E-state index is -2.45. The zero-order valence-corrected chi connectivity index (χ0v) is 18.6. The molecular weight excluding hydrogens is 423 g/mol. The van der Waals surface area contributed by atoms with Crippen molar-refractivity contribution < 1.29 is 4.74 Å². The van der Waals surface area contributed by atoms with Crippen LogP contribution in [-0.4, -0.2) is 13.1 Å². The highest BCUT2D eigenvalue weighted by Crippen LogP contribution is 2.36. The molecule has 0 radical (unpaired) electrons. The molecule has 4 heterocycles. The Morgan fingerprint density at radius 3 is 2.10 bits per heavy atom. The van der Waals surface area contributed by atoms with Crippen LogP contribution in [0.15, 0.2) is 102 Å². The van der Waals surface area contributed by atoms with Gasteiger partial charge in [-0.05, 0) is 45.4 Å². The number of nitrogens with zero attached hydrogens (tertiary/aromatic N) is 1. The first kappa shape index (κ1) is 17.8. The van der Waals surface area contributed by atoms with Gasteiger partial charge in [-0.2, -0.15) is 22.7 Å². The Labute approximate surface area is 184 Å². The summed E-state index contributed by atoms with van der Waals surface area (Å²) in [7, 11) is -2.45. The van der Waals surface area contributed by atoms with E-state index in [-0.39, 0.29) is 0 Å². The van der Waals surface area contributed by atoms with E-state index in [2.05, 4.69) is 88.5 Å². The van der Waals surface area contributed by atoms with Crippen molar-refractivity contribution in [3.8, 4) is 22.8 Å². The Balaban J connectivity index is 1.76. The maximum atomic E-state index is 6.62. The second-order valence-corrected chi connectivity index (χ2v) is 13.5.